The molecule has 6 rings (SSSR count). The van der Waals surface area contributed by atoms with E-state index in [0.717, 1.165) is 12.6 Å². The van der Waals surface area contributed by atoms with Gasteiger partial charge in [-0.15, -0.1) is 0 Å². The van der Waals surface area contributed by atoms with Crippen molar-refractivity contribution in [3.8, 4) is 0 Å². The van der Waals surface area contributed by atoms with E-state index in [9.17, 15) is 0 Å². The molecule has 0 amide bonds. The highest BCUT2D eigenvalue weighted by atomic mass is 127. The zero-order chi connectivity index (χ0) is 21.7. The summed E-state index contributed by atoms with van der Waals surface area (Å²) in [5.41, 5.74) is 5.45. The van der Waals surface area contributed by atoms with Crippen LogP contribution in [0.4, 0.5) is 11.4 Å². The molecular formula is C26H34IN5. The minimum absolute atomic E-state index is 0.138. The van der Waals surface area contributed by atoms with E-state index in [-0.39, 0.29) is 20.7 Å². The first-order valence-electron chi connectivity index (χ1n) is 12.2. The lowest BCUT2D eigenvalue weighted by Gasteiger charge is -2.41. The normalized spacial score (nSPS) is 28.5. The van der Waals surface area contributed by atoms with Crippen molar-refractivity contribution in [1.82, 2.24) is 14.8 Å². The molecule has 5 nitrogen and oxygen atoms in total. The van der Waals surface area contributed by atoms with Crippen molar-refractivity contribution in [3.63, 3.8) is 0 Å². The van der Waals surface area contributed by atoms with Crippen LogP contribution >= 0.6 is 20.7 Å². The molecule has 32 heavy (non-hydrogen) atoms. The van der Waals surface area contributed by atoms with Crippen LogP contribution in [0.3, 0.4) is 0 Å². The molecule has 0 aliphatic carbocycles. The largest absolute Gasteiger partial charge is 0.367 e. The summed E-state index contributed by atoms with van der Waals surface area (Å²) in [5.74, 6) is 0. The van der Waals surface area contributed by atoms with E-state index in [4.69, 9.17) is 4.98 Å². The van der Waals surface area contributed by atoms with Crippen molar-refractivity contribution in [3.05, 3.63) is 51.4 Å². The SMILES string of the molecule is Cc1cccnc1[C@@H]1CCC[C@H](C2=Ic3cccc(N4CCN5CCCC5C4)c3N2)N1C. The van der Waals surface area contributed by atoms with Crippen LogP contribution in [-0.2, 0) is 0 Å². The summed E-state index contributed by atoms with van der Waals surface area (Å²) in [4.78, 5) is 12.8. The molecule has 1 aromatic carbocycles. The number of nitrogens with zero attached hydrogens (tertiary/aromatic N) is 4. The predicted octanol–water partition coefficient (Wildman–Crippen LogP) is 4.60. The third-order valence-electron chi connectivity index (χ3n) is 7.96. The second-order valence-corrected chi connectivity index (χ2v) is 12.7. The number of hydrogen-bond donors (Lipinski definition) is 1. The van der Waals surface area contributed by atoms with E-state index in [0.29, 0.717) is 12.1 Å². The quantitative estimate of drug-likeness (QED) is 0.573. The number of fused-ring (bicyclic) bond motifs is 2. The summed E-state index contributed by atoms with van der Waals surface area (Å²) in [6.07, 6.45) is 8.44. The van der Waals surface area contributed by atoms with Crippen molar-refractivity contribution < 1.29 is 0 Å². The molecule has 1 N–H and O–H groups in total. The highest BCUT2D eigenvalue weighted by Crippen LogP contribution is 2.43. The number of benzene rings is 1. The number of piperidine rings is 1. The number of para-hydroxylation sites is 1. The lowest BCUT2D eigenvalue weighted by molar-refractivity contribution is 0.152. The average Bonchev–Trinajstić information content (AvgIpc) is 3.46. The van der Waals surface area contributed by atoms with Gasteiger partial charge in [0.05, 0.1) is 32.8 Å². The number of likely N-dealkylation sites (tertiary alicyclic amines) is 1. The molecule has 0 saturated carbocycles. The molecule has 4 aliphatic heterocycles. The number of pyridine rings is 1. The molecule has 1 aromatic heterocycles. The zero-order valence-electron chi connectivity index (χ0n) is 19.2. The maximum Gasteiger partial charge on any atom is 0.0755 e. The summed E-state index contributed by atoms with van der Waals surface area (Å²) in [5, 5.41) is 4.00. The molecule has 0 bridgehead atoms. The second-order valence-electron chi connectivity index (χ2n) is 9.81. The topological polar surface area (TPSA) is 34.6 Å². The lowest BCUT2D eigenvalue weighted by Crippen LogP contribution is -2.50. The fourth-order valence-electron chi connectivity index (χ4n) is 6.20. The first-order chi connectivity index (χ1) is 15.7. The molecule has 5 heterocycles. The number of nitrogens with one attached hydrogen (secondary N) is 1. The smallest absolute Gasteiger partial charge is 0.0755 e. The van der Waals surface area contributed by atoms with Crippen molar-refractivity contribution in [1.29, 1.82) is 0 Å². The Morgan fingerprint density at radius 3 is 2.81 bits per heavy atom. The fraction of sp³-hybridized carbons (Fsp3) is 0.538. The van der Waals surface area contributed by atoms with Gasteiger partial charge < -0.3 is 10.2 Å². The van der Waals surface area contributed by atoms with E-state index >= 15 is 0 Å². The van der Waals surface area contributed by atoms with Crippen molar-refractivity contribution in [2.24, 2.45) is 0 Å². The average molecular weight is 543 g/mol. The summed E-state index contributed by atoms with van der Waals surface area (Å²) in [6.45, 7) is 7.08. The molecule has 1 unspecified atom stereocenters. The van der Waals surface area contributed by atoms with Gasteiger partial charge in [-0.25, -0.2) is 0 Å². The highest BCUT2D eigenvalue weighted by molar-refractivity contribution is 14.2. The molecule has 4 aliphatic rings. The highest BCUT2D eigenvalue weighted by Gasteiger charge is 2.36. The van der Waals surface area contributed by atoms with Gasteiger partial charge in [0.2, 0.25) is 0 Å². The van der Waals surface area contributed by atoms with Crippen LogP contribution in [0.2, 0.25) is 0 Å². The van der Waals surface area contributed by atoms with Crippen molar-refractivity contribution in [2.45, 2.75) is 57.2 Å². The standard InChI is InChI=1S/C26H34IN5/c1-18-7-5-13-28-24(18)21-10-4-12-23(30(21)2)26-27-20-9-3-11-22(25(20)29-26)32-16-15-31-14-6-8-19(31)17-32/h3,5,7,9,11,13,19,21,23,29H,4,6,8,10,12,14-17H2,1-2H3/t19?,21-,23+/m0/s1. The lowest BCUT2D eigenvalue weighted by atomic mass is 9.92. The molecule has 3 atom stereocenters. The van der Waals surface area contributed by atoms with Gasteiger partial charge >= 0.3 is 0 Å². The van der Waals surface area contributed by atoms with E-state index < -0.39 is 0 Å². The zero-order valence-corrected chi connectivity index (χ0v) is 21.4. The second kappa shape index (κ2) is 8.69. The number of rotatable bonds is 3. The summed E-state index contributed by atoms with van der Waals surface area (Å²) < 4.78 is 3.17. The first-order valence-corrected chi connectivity index (χ1v) is 14.4. The van der Waals surface area contributed by atoms with Gasteiger partial charge in [0, 0.05) is 35.4 Å². The van der Waals surface area contributed by atoms with Crippen LogP contribution in [0.1, 0.15) is 49.4 Å². The third-order valence-corrected chi connectivity index (χ3v) is 11.0. The maximum atomic E-state index is 4.78. The number of aromatic nitrogens is 1. The van der Waals surface area contributed by atoms with Crippen molar-refractivity contribution >= 4 is 35.7 Å². The Bertz CT molecular complexity index is 1040. The van der Waals surface area contributed by atoms with Crippen molar-refractivity contribution in [2.75, 3.05) is 43.4 Å². The fourth-order valence-corrected chi connectivity index (χ4v) is 9.41. The van der Waals surface area contributed by atoms with Gasteiger partial charge in [-0.3, -0.25) is 14.8 Å². The van der Waals surface area contributed by atoms with Gasteiger partial charge in [-0.2, -0.15) is 0 Å². The Labute approximate surface area is 201 Å². The Kier molecular flexibility index (Phi) is 5.72. The van der Waals surface area contributed by atoms with Gasteiger partial charge in [0.25, 0.3) is 0 Å². The van der Waals surface area contributed by atoms with Crippen LogP contribution in [0, 0.1) is 10.5 Å². The Morgan fingerprint density at radius 2 is 1.91 bits per heavy atom. The molecule has 170 valence electrons. The number of hydrogen-bond acceptors (Lipinski definition) is 5. The number of halogens is 1. The minimum atomic E-state index is -0.138. The summed E-state index contributed by atoms with van der Waals surface area (Å²) in [6, 6.07) is 13.0. The summed E-state index contributed by atoms with van der Waals surface area (Å²) in [7, 11) is 2.32. The number of aryl methyl sites for hydroxylation is 1. The van der Waals surface area contributed by atoms with E-state index in [1.807, 2.05) is 6.20 Å². The molecule has 0 spiro atoms. The molecule has 6 heteroatoms. The van der Waals surface area contributed by atoms with Gasteiger partial charge in [-0.1, -0.05) is 32.9 Å². The van der Waals surface area contributed by atoms with Gasteiger partial charge in [0.1, 0.15) is 0 Å². The summed E-state index contributed by atoms with van der Waals surface area (Å²) >= 11 is -0.138. The maximum absolute atomic E-state index is 4.78. The van der Waals surface area contributed by atoms with E-state index in [1.54, 1.807) is 7.20 Å². The van der Waals surface area contributed by atoms with E-state index in [2.05, 4.69) is 64.3 Å². The Balaban J connectivity index is 1.23. The minimum Gasteiger partial charge on any atom is -0.367 e. The first kappa shape index (κ1) is 21.1. The Morgan fingerprint density at radius 1 is 1.00 bits per heavy atom. The molecular weight excluding hydrogens is 509 g/mol. The van der Waals surface area contributed by atoms with Crippen LogP contribution in [0.25, 0.3) is 0 Å². The van der Waals surface area contributed by atoms with Gasteiger partial charge in [-0.05, 0) is 76.4 Å². The van der Waals surface area contributed by atoms with Crippen LogP contribution in [0.5, 0.6) is 0 Å². The molecule has 0 radical (unpaired) electrons. The third kappa shape index (κ3) is 3.68. The van der Waals surface area contributed by atoms with E-state index in [1.165, 1.54) is 74.4 Å². The predicted molar refractivity (Wildman–Crippen MR) is 142 cm³/mol. The van der Waals surface area contributed by atoms with Crippen LogP contribution in [0.15, 0.2) is 36.5 Å². The number of likely N-dealkylation sites (N-methyl/N-ethyl adjacent to an activating group) is 1. The molecule has 2 aromatic rings. The molecule has 3 fully saturated rings. The van der Waals surface area contributed by atoms with Gasteiger partial charge in [0.15, 0.2) is 0 Å². The number of piperazine rings is 1. The monoisotopic (exact) mass is 543 g/mol. The van der Waals surface area contributed by atoms with Crippen LogP contribution in [-0.4, -0.2) is 63.7 Å². The van der Waals surface area contributed by atoms with Crippen LogP contribution < -0.4 is 10.2 Å². The number of anilines is 2. The molecule has 3 saturated heterocycles. The Hall–Kier alpha value is -1.51.